The van der Waals surface area contributed by atoms with Crippen molar-refractivity contribution in [3.8, 4) is 11.8 Å². The van der Waals surface area contributed by atoms with Crippen LogP contribution >= 0.6 is 0 Å². The number of anilines is 2. The van der Waals surface area contributed by atoms with Crippen LogP contribution in [-0.2, 0) is 19.6 Å². The van der Waals surface area contributed by atoms with E-state index in [0.717, 1.165) is 0 Å². The van der Waals surface area contributed by atoms with Crippen LogP contribution in [0.25, 0.3) is 0 Å². The highest BCUT2D eigenvalue weighted by Gasteiger charge is 2.26. The van der Waals surface area contributed by atoms with Crippen molar-refractivity contribution in [3.63, 3.8) is 0 Å². The molecule has 0 atom stereocenters. The van der Waals surface area contributed by atoms with Crippen LogP contribution in [0.4, 0.5) is 11.4 Å². The van der Waals surface area contributed by atoms with Crippen LogP contribution in [0.2, 0.25) is 0 Å². The van der Waals surface area contributed by atoms with Crippen molar-refractivity contribution in [2.45, 2.75) is 24.8 Å². The van der Waals surface area contributed by atoms with Crippen LogP contribution in [0.1, 0.15) is 19.4 Å². The third kappa shape index (κ3) is 5.97. The maximum Gasteiger partial charge on any atom is 0.243 e. The molecule has 170 valence electrons. The molecule has 2 N–H and O–H groups in total. The maximum atomic E-state index is 12.7. The van der Waals surface area contributed by atoms with E-state index in [0.29, 0.717) is 49.0 Å². The number of nitrogens with one attached hydrogen (secondary N) is 2. The van der Waals surface area contributed by atoms with Gasteiger partial charge in [-0.3, -0.25) is 4.79 Å². The second kappa shape index (κ2) is 10.5. The molecule has 0 spiro atoms. The van der Waals surface area contributed by atoms with E-state index in [2.05, 4.69) is 16.7 Å². The van der Waals surface area contributed by atoms with Gasteiger partial charge in [0.1, 0.15) is 5.75 Å². The Bertz CT molecular complexity index is 1090. The highest BCUT2D eigenvalue weighted by molar-refractivity contribution is 7.89. The zero-order chi connectivity index (χ0) is 23.1. The number of benzene rings is 2. The monoisotopic (exact) mass is 458 g/mol. The quantitative estimate of drug-likeness (QED) is 0.623. The number of hydrogen-bond acceptors (Lipinski definition) is 7. The smallest absolute Gasteiger partial charge is 0.243 e. The normalized spacial score (nSPS) is 14.6. The summed E-state index contributed by atoms with van der Waals surface area (Å²) in [5.41, 5.74) is 1.46. The highest BCUT2D eigenvalue weighted by Crippen LogP contribution is 2.26. The van der Waals surface area contributed by atoms with Gasteiger partial charge in [0.15, 0.2) is 0 Å². The van der Waals surface area contributed by atoms with Gasteiger partial charge in [-0.05, 0) is 56.3 Å². The molecule has 3 rings (SSSR count). The molecule has 9 nitrogen and oxygen atoms in total. The molecule has 0 aromatic heterocycles. The molecule has 1 aliphatic rings. The van der Waals surface area contributed by atoms with E-state index in [4.69, 9.17) is 14.7 Å². The minimum absolute atomic E-state index is 0.0584. The number of amides is 1. The predicted octanol–water partition coefficient (Wildman–Crippen LogP) is 2.42. The molecule has 32 heavy (non-hydrogen) atoms. The maximum absolute atomic E-state index is 12.7. The largest absolute Gasteiger partial charge is 0.489 e. The Morgan fingerprint density at radius 2 is 1.88 bits per heavy atom. The first-order valence-electron chi connectivity index (χ1n) is 10.2. The molecule has 1 fully saturated rings. The summed E-state index contributed by atoms with van der Waals surface area (Å²) in [6.07, 6.45) is -0.0652. The van der Waals surface area contributed by atoms with Gasteiger partial charge in [-0.25, -0.2) is 8.42 Å². The van der Waals surface area contributed by atoms with Gasteiger partial charge in [0.25, 0.3) is 0 Å². The molecule has 2 aromatic carbocycles. The third-order valence-electron chi connectivity index (χ3n) is 4.66. The topological polar surface area (TPSA) is 121 Å². The fourth-order valence-electron chi connectivity index (χ4n) is 3.12. The first kappa shape index (κ1) is 23.5. The fourth-order valence-corrected chi connectivity index (χ4v) is 4.53. The van der Waals surface area contributed by atoms with Gasteiger partial charge in [0, 0.05) is 18.8 Å². The predicted molar refractivity (Wildman–Crippen MR) is 120 cm³/mol. The summed E-state index contributed by atoms with van der Waals surface area (Å²) in [5.74, 6) is 0.219. The minimum Gasteiger partial charge on any atom is -0.489 e. The van der Waals surface area contributed by atoms with Gasteiger partial charge in [0.05, 0.1) is 48.1 Å². The van der Waals surface area contributed by atoms with Crippen LogP contribution in [0.15, 0.2) is 47.4 Å². The third-order valence-corrected chi connectivity index (χ3v) is 6.57. The number of sulfonamides is 1. The molecule has 1 aliphatic heterocycles. The van der Waals surface area contributed by atoms with Crippen molar-refractivity contribution in [3.05, 3.63) is 48.0 Å². The van der Waals surface area contributed by atoms with E-state index in [9.17, 15) is 13.2 Å². The molecule has 0 saturated carbocycles. The average molecular weight is 459 g/mol. The number of morpholine rings is 1. The molecule has 0 radical (unpaired) electrons. The van der Waals surface area contributed by atoms with Crippen molar-refractivity contribution in [1.29, 1.82) is 5.26 Å². The lowest BCUT2D eigenvalue weighted by Crippen LogP contribution is -2.40. The second-order valence-corrected chi connectivity index (χ2v) is 9.37. The van der Waals surface area contributed by atoms with Crippen molar-refractivity contribution in [2.75, 3.05) is 43.5 Å². The lowest BCUT2D eigenvalue weighted by molar-refractivity contribution is -0.114. The lowest BCUT2D eigenvalue weighted by Gasteiger charge is -2.26. The summed E-state index contributed by atoms with van der Waals surface area (Å²) >= 11 is 0. The summed E-state index contributed by atoms with van der Waals surface area (Å²) in [6, 6.07) is 13.1. The molecular weight excluding hydrogens is 432 g/mol. The number of carbonyl (C=O) groups excluding carboxylic acids is 1. The van der Waals surface area contributed by atoms with E-state index >= 15 is 0 Å². The Labute approximate surface area is 188 Å². The Balaban J connectivity index is 1.62. The molecule has 0 aliphatic carbocycles. The van der Waals surface area contributed by atoms with Crippen molar-refractivity contribution >= 4 is 27.3 Å². The zero-order valence-corrected chi connectivity index (χ0v) is 18.8. The summed E-state index contributed by atoms with van der Waals surface area (Å²) < 4.78 is 37.7. The highest BCUT2D eigenvalue weighted by atomic mass is 32.2. The van der Waals surface area contributed by atoms with Crippen LogP contribution in [0, 0.1) is 11.3 Å². The molecule has 1 amide bonds. The van der Waals surface area contributed by atoms with Gasteiger partial charge < -0.3 is 20.1 Å². The Morgan fingerprint density at radius 1 is 1.19 bits per heavy atom. The number of hydrogen-bond donors (Lipinski definition) is 2. The zero-order valence-electron chi connectivity index (χ0n) is 18.0. The minimum atomic E-state index is -3.59. The Morgan fingerprint density at radius 3 is 2.50 bits per heavy atom. The summed E-state index contributed by atoms with van der Waals surface area (Å²) in [4.78, 5) is 12.5. The summed E-state index contributed by atoms with van der Waals surface area (Å²) in [6.45, 7) is 5.11. The van der Waals surface area contributed by atoms with Crippen molar-refractivity contribution < 1.29 is 22.7 Å². The van der Waals surface area contributed by atoms with Crippen LogP contribution in [-0.4, -0.2) is 57.6 Å². The summed E-state index contributed by atoms with van der Waals surface area (Å²) in [7, 11) is -3.59. The van der Waals surface area contributed by atoms with Crippen LogP contribution < -0.4 is 15.4 Å². The van der Waals surface area contributed by atoms with Gasteiger partial charge in [-0.2, -0.15) is 9.57 Å². The molecule has 1 heterocycles. The van der Waals surface area contributed by atoms with Gasteiger partial charge in [-0.15, -0.1) is 0 Å². The van der Waals surface area contributed by atoms with Gasteiger partial charge in [-0.1, -0.05) is 0 Å². The van der Waals surface area contributed by atoms with Gasteiger partial charge in [0.2, 0.25) is 15.9 Å². The molecule has 1 saturated heterocycles. The fraction of sp³-hybridized carbons (Fsp3) is 0.364. The first-order chi connectivity index (χ1) is 15.3. The van der Waals surface area contributed by atoms with Crippen LogP contribution in [0.3, 0.4) is 0 Å². The molecule has 2 aromatic rings. The lowest BCUT2D eigenvalue weighted by atomic mass is 10.2. The Hall–Kier alpha value is -3.13. The summed E-state index contributed by atoms with van der Waals surface area (Å²) in [5, 5.41) is 14.8. The number of nitrogens with zero attached hydrogens (tertiary/aromatic N) is 2. The van der Waals surface area contributed by atoms with E-state index in [1.807, 2.05) is 13.8 Å². The van der Waals surface area contributed by atoms with E-state index in [1.165, 1.54) is 16.4 Å². The van der Waals surface area contributed by atoms with Gasteiger partial charge >= 0.3 is 0 Å². The molecular formula is C22H26N4O5S. The second-order valence-electron chi connectivity index (χ2n) is 7.43. The average Bonchev–Trinajstić information content (AvgIpc) is 2.79. The number of carbonyl (C=O) groups is 1. The first-order valence-corrected chi connectivity index (χ1v) is 11.7. The van der Waals surface area contributed by atoms with Crippen LogP contribution in [0.5, 0.6) is 5.75 Å². The van der Waals surface area contributed by atoms with Crippen molar-refractivity contribution in [1.82, 2.24) is 4.31 Å². The number of nitriles is 1. The standard InChI is InChI=1S/C22H26N4O5S/c1-16(2)31-21-8-3-17(14-23)13-20(21)24-15-22(27)25-18-4-6-19(7-5-18)32(28,29)26-9-11-30-12-10-26/h3-8,13,16,24H,9-12,15H2,1-2H3,(H,25,27). The van der Waals surface area contributed by atoms with E-state index < -0.39 is 10.0 Å². The number of ether oxygens (including phenoxy) is 2. The van der Waals surface area contributed by atoms with Crippen molar-refractivity contribution in [2.24, 2.45) is 0 Å². The SMILES string of the molecule is CC(C)Oc1ccc(C#N)cc1NCC(=O)Nc1ccc(S(=O)(=O)N2CCOCC2)cc1. The number of rotatable bonds is 8. The molecule has 0 bridgehead atoms. The Kier molecular flexibility index (Phi) is 7.69. The molecule has 10 heteroatoms. The molecule has 0 unspecified atom stereocenters. The van der Waals surface area contributed by atoms with E-state index in [1.54, 1.807) is 30.3 Å². The van der Waals surface area contributed by atoms with E-state index in [-0.39, 0.29) is 23.5 Å².